The predicted molar refractivity (Wildman–Crippen MR) is 67.6 cm³/mol. The molecule has 0 unspecified atom stereocenters. The molecule has 1 atom stereocenters. The molecule has 0 aromatic rings. The maximum absolute atomic E-state index is 11.7. The normalized spacial score (nSPS) is 18.3. The van der Waals surface area contributed by atoms with Crippen LogP contribution in [0.1, 0.15) is 34.1 Å². The third kappa shape index (κ3) is 4.22. The monoisotopic (exact) mass is 257 g/mol. The van der Waals surface area contributed by atoms with Crippen molar-refractivity contribution in [2.45, 2.75) is 45.9 Å². The van der Waals surface area contributed by atoms with Crippen LogP contribution in [0.5, 0.6) is 0 Å². The van der Waals surface area contributed by atoms with Crippen molar-refractivity contribution in [1.29, 1.82) is 0 Å². The topological polar surface area (TPSA) is 56.8 Å². The fourth-order valence-electron chi connectivity index (χ4n) is 1.77. The standard InChI is InChI=1S/C13H23NO4/c1-5-16-12(15)11(10(2)3)14-7-6-13(4)17-8-9-18-13/h8-11,14H,5-7H2,1-4H3/t11-/m0/s1. The second kappa shape index (κ2) is 6.64. The van der Waals surface area contributed by atoms with Gasteiger partial charge in [0.25, 0.3) is 0 Å². The third-order valence-corrected chi connectivity index (χ3v) is 2.84. The molecule has 5 nitrogen and oxygen atoms in total. The van der Waals surface area contributed by atoms with Gasteiger partial charge < -0.3 is 19.5 Å². The van der Waals surface area contributed by atoms with Gasteiger partial charge in [-0.05, 0) is 12.8 Å². The van der Waals surface area contributed by atoms with E-state index in [1.807, 2.05) is 27.7 Å². The lowest BCUT2D eigenvalue weighted by molar-refractivity contribution is -0.148. The third-order valence-electron chi connectivity index (χ3n) is 2.84. The van der Waals surface area contributed by atoms with Crippen molar-refractivity contribution in [1.82, 2.24) is 5.32 Å². The largest absolute Gasteiger partial charge is 0.465 e. The molecular weight excluding hydrogens is 234 g/mol. The molecule has 0 aliphatic carbocycles. The summed E-state index contributed by atoms with van der Waals surface area (Å²) in [4.78, 5) is 11.7. The molecule has 1 N–H and O–H groups in total. The lowest BCUT2D eigenvalue weighted by atomic mass is 10.0. The number of nitrogens with one attached hydrogen (secondary N) is 1. The molecule has 0 amide bonds. The summed E-state index contributed by atoms with van der Waals surface area (Å²) in [5.41, 5.74) is 0. The van der Waals surface area contributed by atoms with Crippen LogP contribution in [0.3, 0.4) is 0 Å². The summed E-state index contributed by atoms with van der Waals surface area (Å²) >= 11 is 0. The number of carbonyl (C=O) groups is 1. The van der Waals surface area contributed by atoms with Gasteiger partial charge in [0, 0.05) is 19.9 Å². The Bertz CT molecular complexity index is 293. The molecule has 0 aromatic heterocycles. The van der Waals surface area contributed by atoms with Crippen LogP contribution in [0.25, 0.3) is 0 Å². The van der Waals surface area contributed by atoms with Gasteiger partial charge in [0.05, 0.1) is 6.61 Å². The van der Waals surface area contributed by atoms with Crippen LogP contribution in [0, 0.1) is 5.92 Å². The Morgan fingerprint density at radius 2 is 2.00 bits per heavy atom. The first-order valence-corrected chi connectivity index (χ1v) is 6.39. The van der Waals surface area contributed by atoms with E-state index in [-0.39, 0.29) is 17.9 Å². The van der Waals surface area contributed by atoms with E-state index in [0.717, 1.165) is 0 Å². The molecule has 1 aliphatic rings. The Morgan fingerprint density at radius 3 is 2.50 bits per heavy atom. The van der Waals surface area contributed by atoms with Gasteiger partial charge in [0.15, 0.2) is 0 Å². The van der Waals surface area contributed by atoms with E-state index in [1.165, 1.54) is 12.5 Å². The van der Waals surface area contributed by atoms with E-state index in [0.29, 0.717) is 19.6 Å². The highest BCUT2D eigenvalue weighted by atomic mass is 16.7. The van der Waals surface area contributed by atoms with Crippen molar-refractivity contribution >= 4 is 5.97 Å². The highest BCUT2D eigenvalue weighted by molar-refractivity contribution is 5.76. The second-order valence-electron chi connectivity index (χ2n) is 4.82. The number of ether oxygens (including phenoxy) is 3. The molecule has 1 heterocycles. The van der Waals surface area contributed by atoms with Crippen molar-refractivity contribution in [3.05, 3.63) is 12.5 Å². The molecule has 0 saturated heterocycles. The zero-order valence-electron chi connectivity index (χ0n) is 11.6. The van der Waals surface area contributed by atoms with Gasteiger partial charge in [-0.15, -0.1) is 0 Å². The fraction of sp³-hybridized carbons (Fsp3) is 0.769. The van der Waals surface area contributed by atoms with Crippen molar-refractivity contribution < 1.29 is 19.0 Å². The molecule has 18 heavy (non-hydrogen) atoms. The Labute approximate surface area is 108 Å². The number of carbonyl (C=O) groups excluding carboxylic acids is 1. The Balaban J connectivity index is 2.36. The zero-order chi connectivity index (χ0) is 13.6. The molecule has 1 rings (SSSR count). The second-order valence-corrected chi connectivity index (χ2v) is 4.82. The predicted octanol–water partition coefficient (Wildman–Crippen LogP) is 1.79. The van der Waals surface area contributed by atoms with Crippen LogP contribution in [-0.2, 0) is 19.0 Å². The average molecular weight is 257 g/mol. The summed E-state index contributed by atoms with van der Waals surface area (Å²) in [6.45, 7) is 8.67. The molecule has 104 valence electrons. The van der Waals surface area contributed by atoms with E-state index >= 15 is 0 Å². The minimum atomic E-state index is -0.622. The van der Waals surface area contributed by atoms with E-state index < -0.39 is 5.79 Å². The maximum Gasteiger partial charge on any atom is 0.323 e. The van der Waals surface area contributed by atoms with Crippen molar-refractivity contribution in [2.75, 3.05) is 13.2 Å². The average Bonchev–Trinajstić information content (AvgIpc) is 2.71. The van der Waals surface area contributed by atoms with Crippen LogP contribution in [0.15, 0.2) is 12.5 Å². The van der Waals surface area contributed by atoms with Gasteiger partial charge in [-0.25, -0.2) is 0 Å². The summed E-state index contributed by atoms with van der Waals surface area (Å²) < 4.78 is 15.7. The molecule has 0 saturated carbocycles. The highest BCUT2D eigenvalue weighted by Gasteiger charge is 2.30. The number of hydrogen-bond acceptors (Lipinski definition) is 5. The summed E-state index contributed by atoms with van der Waals surface area (Å²) in [7, 11) is 0. The van der Waals surface area contributed by atoms with Gasteiger partial charge in [-0.1, -0.05) is 13.8 Å². The van der Waals surface area contributed by atoms with Crippen molar-refractivity contribution in [3.8, 4) is 0 Å². The van der Waals surface area contributed by atoms with E-state index in [9.17, 15) is 4.79 Å². The van der Waals surface area contributed by atoms with Gasteiger partial charge in [0.1, 0.15) is 18.6 Å². The van der Waals surface area contributed by atoms with Crippen LogP contribution < -0.4 is 5.32 Å². The highest BCUT2D eigenvalue weighted by Crippen LogP contribution is 2.22. The smallest absolute Gasteiger partial charge is 0.323 e. The molecule has 0 radical (unpaired) electrons. The first-order chi connectivity index (χ1) is 8.48. The summed E-state index contributed by atoms with van der Waals surface area (Å²) in [6.07, 6.45) is 3.72. The summed E-state index contributed by atoms with van der Waals surface area (Å²) in [5, 5.41) is 3.19. The SMILES string of the molecule is CCOC(=O)[C@@H](NCCC1(C)OC=CO1)C(C)C. The summed E-state index contributed by atoms with van der Waals surface area (Å²) in [5.74, 6) is -0.646. The van der Waals surface area contributed by atoms with Crippen LogP contribution in [0.4, 0.5) is 0 Å². The van der Waals surface area contributed by atoms with E-state index in [4.69, 9.17) is 14.2 Å². The molecule has 0 fully saturated rings. The molecule has 0 aromatic carbocycles. The molecular formula is C13H23NO4. The maximum atomic E-state index is 11.7. The van der Waals surface area contributed by atoms with Gasteiger partial charge in [-0.3, -0.25) is 4.79 Å². The van der Waals surface area contributed by atoms with Crippen molar-refractivity contribution in [3.63, 3.8) is 0 Å². The number of rotatable bonds is 7. The molecule has 0 bridgehead atoms. The Kier molecular flexibility index (Phi) is 5.47. The van der Waals surface area contributed by atoms with Crippen LogP contribution in [-0.4, -0.2) is 30.9 Å². The quantitative estimate of drug-likeness (QED) is 0.705. The lowest BCUT2D eigenvalue weighted by Gasteiger charge is -2.25. The number of hydrogen-bond donors (Lipinski definition) is 1. The first kappa shape index (κ1) is 14.8. The molecule has 1 aliphatic heterocycles. The lowest BCUT2D eigenvalue weighted by Crippen LogP contribution is -2.44. The fourth-order valence-corrected chi connectivity index (χ4v) is 1.77. The number of esters is 1. The zero-order valence-corrected chi connectivity index (χ0v) is 11.6. The van der Waals surface area contributed by atoms with Crippen LogP contribution >= 0.6 is 0 Å². The minimum Gasteiger partial charge on any atom is -0.465 e. The summed E-state index contributed by atoms with van der Waals surface area (Å²) in [6, 6.07) is -0.289. The van der Waals surface area contributed by atoms with Gasteiger partial charge in [0.2, 0.25) is 5.79 Å². The van der Waals surface area contributed by atoms with E-state index in [1.54, 1.807) is 0 Å². The first-order valence-electron chi connectivity index (χ1n) is 6.39. The minimum absolute atomic E-state index is 0.181. The van der Waals surface area contributed by atoms with Gasteiger partial charge in [-0.2, -0.15) is 0 Å². The Morgan fingerprint density at radius 1 is 1.39 bits per heavy atom. The Hall–Kier alpha value is -1.23. The van der Waals surface area contributed by atoms with Crippen molar-refractivity contribution in [2.24, 2.45) is 5.92 Å². The van der Waals surface area contributed by atoms with E-state index in [2.05, 4.69) is 5.32 Å². The van der Waals surface area contributed by atoms with Gasteiger partial charge >= 0.3 is 5.97 Å². The van der Waals surface area contributed by atoms with Crippen LogP contribution in [0.2, 0.25) is 0 Å². The molecule has 5 heteroatoms. The molecule has 0 spiro atoms.